The molecule has 2 aromatic carbocycles. The van der Waals surface area contributed by atoms with Gasteiger partial charge < -0.3 is 4.42 Å². The molecule has 0 unspecified atom stereocenters. The number of hydrogen-bond acceptors (Lipinski definition) is 6. The van der Waals surface area contributed by atoms with E-state index in [-0.39, 0.29) is 22.3 Å². The number of amides is 1. The number of rotatable bonds is 5. The molecule has 11 heteroatoms. The quantitative estimate of drug-likeness (QED) is 0.230. The van der Waals surface area contributed by atoms with Crippen LogP contribution in [0, 0.1) is 5.82 Å². The number of alkyl halides is 3. The molecular formula is C23H15F4N3O4. The van der Waals surface area contributed by atoms with E-state index in [0.29, 0.717) is 16.7 Å². The topological polar surface area (TPSA) is 88.7 Å². The summed E-state index contributed by atoms with van der Waals surface area (Å²) in [5.74, 6) is -2.22. The third-order valence-electron chi connectivity index (χ3n) is 4.83. The number of carbonyl (C=O) groups is 1. The summed E-state index contributed by atoms with van der Waals surface area (Å²) in [4.78, 5) is 24.4. The lowest BCUT2D eigenvalue weighted by Crippen LogP contribution is -2.27. The zero-order valence-corrected chi connectivity index (χ0v) is 17.4. The van der Waals surface area contributed by atoms with Crippen LogP contribution >= 0.6 is 0 Å². The minimum absolute atomic E-state index is 0.0220. The molecule has 34 heavy (non-hydrogen) atoms. The molecule has 174 valence electrons. The predicted octanol–water partition coefficient (Wildman–Crippen LogP) is 5.62. The van der Waals surface area contributed by atoms with Crippen molar-refractivity contribution in [2.75, 3.05) is 7.11 Å². The molecule has 4 rings (SSSR count). The first-order chi connectivity index (χ1) is 16.2. The zero-order valence-electron chi connectivity index (χ0n) is 17.4. The summed E-state index contributed by atoms with van der Waals surface area (Å²) in [5.41, 5.74) is -0.169. The second-order valence-corrected chi connectivity index (χ2v) is 7.01. The van der Waals surface area contributed by atoms with Crippen molar-refractivity contribution in [1.82, 2.24) is 15.2 Å². The fourth-order valence-electron chi connectivity index (χ4n) is 3.17. The van der Waals surface area contributed by atoms with E-state index in [9.17, 15) is 27.6 Å². The molecule has 2 heterocycles. The zero-order chi connectivity index (χ0) is 24.5. The molecule has 1 N–H and O–H groups in total. The summed E-state index contributed by atoms with van der Waals surface area (Å²) in [6.07, 6.45) is -2.13. The van der Waals surface area contributed by atoms with Crippen molar-refractivity contribution >= 4 is 5.91 Å². The molecule has 0 saturated heterocycles. The fraction of sp³-hybridized carbons (Fsp3) is 0.0870. The van der Waals surface area contributed by atoms with E-state index in [1.807, 2.05) is 0 Å². The van der Waals surface area contributed by atoms with Crippen LogP contribution in [0.25, 0.3) is 33.8 Å². The van der Waals surface area contributed by atoms with Gasteiger partial charge in [0.1, 0.15) is 11.5 Å². The number of benzene rings is 2. The SMILES string of the molecule is CON(O)C(=O)c1cc(-c2cccc(-c3nc(-c4ccoc4)cc(C(F)(F)F)n3)c2)ccc1F. The monoisotopic (exact) mass is 473 g/mol. The summed E-state index contributed by atoms with van der Waals surface area (Å²) in [7, 11) is 1.02. The maximum atomic E-state index is 14.2. The van der Waals surface area contributed by atoms with Gasteiger partial charge in [0.05, 0.1) is 30.9 Å². The number of nitrogens with zero attached hydrogens (tertiary/aromatic N) is 3. The number of halogens is 4. The molecule has 2 aromatic heterocycles. The molecule has 0 aliphatic rings. The highest BCUT2D eigenvalue weighted by atomic mass is 19.4. The van der Waals surface area contributed by atoms with Gasteiger partial charge in [-0.2, -0.15) is 13.2 Å². The molecule has 7 nitrogen and oxygen atoms in total. The van der Waals surface area contributed by atoms with E-state index < -0.39 is 29.2 Å². The maximum absolute atomic E-state index is 14.2. The molecule has 0 aliphatic carbocycles. The Bertz CT molecular complexity index is 1340. The third kappa shape index (κ3) is 4.65. The highest BCUT2D eigenvalue weighted by Crippen LogP contribution is 2.33. The lowest BCUT2D eigenvalue weighted by Gasteiger charge is -2.13. The first-order valence-corrected chi connectivity index (χ1v) is 9.64. The standard InChI is InChI=1S/C23H15F4N3O4/c1-33-30(32)22(31)17-10-14(5-6-18(17)24)13-3-2-4-15(9-13)21-28-19(16-7-8-34-12-16)11-20(29-21)23(25,26)27/h2-12,32H,1H3. The number of aromatic nitrogens is 2. The molecule has 1 amide bonds. The number of carbonyl (C=O) groups excluding carboxylic acids is 1. The van der Waals surface area contributed by atoms with Crippen molar-refractivity contribution in [2.45, 2.75) is 6.18 Å². The average molecular weight is 473 g/mol. The lowest BCUT2D eigenvalue weighted by molar-refractivity contribution is -0.280. The minimum atomic E-state index is -4.71. The largest absolute Gasteiger partial charge is 0.472 e. The Morgan fingerprint density at radius 3 is 2.41 bits per heavy atom. The van der Waals surface area contributed by atoms with Gasteiger partial charge in [0.15, 0.2) is 5.82 Å². The van der Waals surface area contributed by atoms with Crippen LogP contribution in [0.3, 0.4) is 0 Å². The minimum Gasteiger partial charge on any atom is -0.472 e. The van der Waals surface area contributed by atoms with Crippen LogP contribution in [0.4, 0.5) is 17.6 Å². The number of hydroxylamine groups is 2. The van der Waals surface area contributed by atoms with Gasteiger partial charge in [0.2, 0.25) is 0 Å². The van der Waals surface area contributed by atoms with Gasteiger partial charge in [-0.15, -0.1) is 0 Å². The van der Waals surface area contributed by atoms with Crippen molar-refractivity contribution in [3.63, 3.8) is 0 Å². The summed E-state index contributed by atoms with van der Waals surface area (Å²) in [6.45, 7) is 0. The van der Waals surface area contributed by atoms with Gasteiger partial charge in [-0.05, 0) is 41.5 Å². The third-order valence-corrected chi connectivity index (χ3v) is 4.83. The van der Waals surface area contributed by atoms with Gasteiger partial charge in [0, 0.05) is 11.1 Å². The summed E-state index contributed by atoms with van der Waals surface area (Å²) >= 11 is 0. The van der Waals surface area contributed by atoms with Gasteiger partial charge in [-0.1, -0.05) is 29.5 Å². The van der Waals surface area contributed by atoms with Crippen LogP contribution < -0.4 is 0 Å². The van der Waals surface area contributed by atoms with Crippen molar-refractivity contribution in [3.8, 4) is 33.8 Å². The van der Waals surface area contributed by atoms with E-state index in [0.717, 1.165) is 19.2 Å². The Labute approximate surface area is 189 Å². The number of furan rings is 1. The highest BCUT2D eigenvalue weighted by Gasteiger charge is 2.34. The van der Waals surface area contributed by atoms with E-state index in [1.54, 1.807) is 12.1 Å². The molecule has 0 bridgehead atoms. The summed E-state index contributed by atoms with van der Waals surface area (Å²) < 4.78 is 59.6. The molecule has 4 aromatic rings. The van der Waals surface area contributed by atoms with E-state index in [4.69, 9.17) is 4.42 Å². The van der Waals surface area contributed by atoms with Crippen LogP contribution in [0.1, 0.15) is 16.1 Å². The van der Waals surface area contributed by atoms with Crippen LogP contribution in [0.15, 0.2) is 71.5 Å². The molecule has 0 fully saturated rings. The second-order valence-electron chi connectivity index (χ2n) is 7.01. The first-order valence-electron chi connectivity index (χ1n) is 9.64. The Hall–Kier alpha value is -4.09. The smallest absolute Gasteiger partial charge is 0.433 e. The van der Waals surface area contributed by atoms with Crippen LogP contribution in [-0.4, -0.2) is 33.4 Å². The predicted molar refractivity (Wildman–Crippen MR) is 111 cm³/mol. The van der Waals surface area contributed by atoms with Crippen molar-refractivity contribution in [3.05, 3.63) is 84.2 Å². The highest BCUT2D eigenvalue weighted by molar-refractivity contribution is 5.94. The van der Waals surface area contributed by atoms with Crippen LogP contribution in [-0.2, 0) is 11.0 Å². The van der Waals surface area contributed by atoms with E-state index in [1.165, 1.54) is 42.9 Å². The van der Waals surface area contributed by atoms with E-state index >= 15 is 0 Å². The normalized spacial score (nSPS) is 11.5. The summed E-state index contributed by atoms with van der Waals surface area (Å²) in [5, 5.41) is 9.32. The van der Waals surface area contributed by atoms with Gasteiger partial charge in [0.25, 0.3) is 0 Å². The molecule has 0 radical (unpaired) electrons. The van der Waals surface area contributed by atoms with E-state index in [2.05, 4.69) is 14.8 Å². The van der Waals surface area contributed by atoms with Crippen LogP contribution in [0.2, 0.25) is 0 Å². The Kier molecular flexibility index (Phi) is 6.14. The molecular weight excluding hydrogens is 458 g/mol. The molecule has 0 atom stereocenters. The fourth-order valence-corrected chi connectivity index (χ4v) is 3.17. The van der Waals surface area contributed by atoms with Crippen LogP contribution in [0.5, 0.6) is 0 Å². The second kappa shape index (κ2) is 9.04. The summed E-state index contributed by atoms with van der Waals surface area (Å²) in [6, 6.07) is 12.1. The van der Waals surface area contributed by atoms with Crippen molar-refractivity contribution in [2.24, 2.45) is 0 Å². The van der Waals surface area contributed by atoms with Crippen molar-refractivity contribution < 1.29 is 36.8 Å². The Morgan fingerprint density at radius 1 is 1.00 bits per heavy atom. The van der Waals surface area contributed by atoms with Gasteiger partial charge in [-0.25, -0.2) is 19.2 Å². The first kappa shape index (κ1) is 23.1. The molecule has 0 saturated carbocycles. The Balaban J connectivity index is 1.80. The van der Waals surface area contributed by atoms with Gasteiger partial charge in [-0.3, -0.25) is 10.0 Å². The number of hydrogen-bond donors (Lipinski definition) is 1. The maximum Gasteiger partial charge on any atom is 0.433 e. The Morgan fingerprint density at radius 2 is 1.74 bits per heavy atom. The molecule has 0 spiro atoms. The van der Waals surface area contributed by atoms with Crippen molar-refractivity contribution in [1.29, 1.82) is 0 Å². The lowest BCUT2D eigenvalue weighted by atomic mass is 10.00. The average Bonchev–Trinajstić information content (AvgIpc) is 3.38. The van der Waals surface area contributed by atoms with Gasteiger partial charge >= 0.3 is 12.1 Å². The molecule has 0 aliphatic heterocycles.